The zero-order valence-corrected chi connectivity index (χ0v) is 17.6. The van der Waals surface area contributed by atoms with Crippen LogP contribution in [0.5, 0.6) is 0 Å². The molecule has 1 aliphatic rings. The Hall–Kier alpha value is -0.830. The van der Waals surface area contributed by atoms with Gasteiger partial charge in [-0.25, -0.2) is 0 Å². The van der Waals surface area contributed by atoms with E-state index in [-0.39, 0.29) is 24.0 Å². The molecular weight excluding hydrogens is 415 g/mol. The van der Waals surface area contributed by atoms with Crippen molar-refractivity contribution >= 4 is 29.9 Å². The summed E-state index contributed by atoms with van der Waals surface area (Å²) in [5.41, 5.74) is 1.19. The van der Waals surface area contributed by atoms with E-state index >= 15 is 0 Å². The van der Waals surface area contributed by atoms with Crippen LogP contribution in [0.4, 0.5) is 0 Å². The second-order valence-corrected chi connectivity index (χ2v) is 6.30. The minimum absolute atomic E-state index is 0. The summed E-state index contributed by atoms with van der Waals surface area (Å²) in [5, 5.41) is 11.1. The van der Waals surface area contributed by atoms with E-state index in [1.165, 1.54) is 37.8 Å². The minimum atomic E-state index is 0. The van der Waals surface area contributed by atoms with Crippen molar-refractivity contribution < 1.29 is 0 Å². The monoisotopic (exact) mass is 448 g/mol. The summed E-state index contributed by atoms with van der Waals surface area (Å²) < 4.78 is 1.95. The van der Waals surface area contributed by atoms with Gasteiger partial charge in [0.15, 0.2) is 5.96 Å². The third-order valence-electron chi connectivity index (χ3n) is 4.53. The largest absolute Gasteiger partial charge is 0.355 e. The fraction of sp³-hybridized carbons (Fsp3) is 0.765. The van der Waals surface area contributed by atoms with Gasteiger partial charge < -0.3 is 10.6 Å². The highest BCUT2D eigenvalue weighted by Crippen LogP contribution is 2.18. The minimum Gasteiger partial charge on any atom is -0.355 e. The number of rotatable bonds is 7. The smallest absolute Gasteiger partial charge is 0.191 e. The molecule has 2 rings (SSSR count). The Morgan fingerprint density at radius 3 is 2.67 bits per heavy atom. The lowest BCUT2D eigenvalue weighted by Crippen LogP contribution is -2.46. The molecule has 0 amide bonds. The number of hydrogen-bond donors (Lipinski definition) is 2. The third kappa shape index (κ3) is 6.96. The van der Waals surface area contributed by atoms with Gasteiger partial charge in [0.05, 0.1) is 12.7 Å². The Morgan fingerprint density at radius 2 is 2.04 bits per heavy atom. The first-order valence-corrected chi connectivity index (χ1v) is 8.90. The second-order valence-electron chi connectivity index (χ2n) is 6.30. The van der Waals surface area contributed by atoms with Gasteiger partial charge in [-0.15, -0.1) is 24.0 Å². The number of nitrogens with zero attached hydrogens (tertiary/aromatic N) is 4. The first-order valence-electron chi connectivity index (χ1n) is 8.90. The van der Waals surface area contributed by atoms with E-state index in [9.17, 15) is 0 Å². The third-order valence-corrected chi connectivity index (χ3v) is 4.53. The maximum atomic E-state index is 4.29. The Kier molecular flexibility index (Phi) is 10.3. The average molecular weight is 448 g/mol. The number of aliphatic imine (C=N–C) groups is 1. The maximum absolute atomic E-state index is 4.29. The van der Waals surface area contributed by atoms with Gasteiger partial charge in [-0.3, -0.25) is 14.6 Å². The van der Waals surface area contributed by atoms with Crippen molar-refractivity contribution in [1.29, 1.82) is 0 Å². The van der Waals surface area contributed by atoms with E-state index in [1.54, 1.807) is 0 Å². The molecule has 0 aliphatic carbocycles. The predicted octanol–water partition coefficient (Wildman–Crippen LogP) is 2.24. The van der Waals surface area contributed by atoms with Crippen molar-refractivity contribution in [3.63, 3.8) is 0 Å². The van der Waals surface area contributed by atoms with Gasteiger partial charge in [0.1, 0.15) is 0 Å². The second kappa shape index (κ2) is 11.7. The summed E-state index contributed by atoms with van der Waals surface area (Å²) in [6.07, 6.45) is 9.28. The van der Waals surface area contributed by atoms with Crippen LogP contribution in [-0.2, 0) is 6.54 Å². The molecule has 7 heteroatoms. The molecule has 0 radical (unpaired) electrons. The molecule has 0 aromatic carbocycles. The molecule has 2 heterocycles. The van der Waals surface area contributed by atoms with Gasteiger partial charge >= 0.3 is 0 Å². The van der Waals surface area contributed by atoms with E-state index in [1.807, 2.05) is 17.9 Å². The number of halogens is 1. The quantitative estimate of drug-likeness (QED) is 0.382. The van der Waals surface area contributed by atoms with Crippen LogP contribution in [0.3, 0.4) is 0 Å². The lowest BCUT2D eigenvalue weighted by molar-refractivity contribution is 0.147. The van der Waals surface area contributed by atoms with Gasteiger partial charge in [0, 0.05) is 38.9 Å². The highest BCUT2D eigenvalue weighted by atomic mass is 127. The number of guanidine groups is 1. The van der Waals surface area contributed by atoms with Crippen molar-refractivity contribution in [3.05, 3.63) is 18.0 Å². The van der Waals surface area contributed by atoms with Gasteiger partial charge in [0.25, 0.3) is 0 Å². The van der Waals surface area contributed by atoms with Crippen molar-refractivity contribution in [2.45, 2.75) is 52.1 Å². The molecule has 0 bridgehead atoms. The van der Waals surface area contributed by atoms with Gasteiger partial charge in [-0.1, -0.05) is 13.3 Å². The average Bonchev–Trinajstić information content (AvgIpc) is 2.99. The van der Waals surface area contributed by atoms with Crippen molar-refractivity contribution in [2.75, 3.05) is 33.2 Å². The molecule has 0 spiro atoms. The zero-order valence-electron chi connectivity index (χ0n) is 15.3. The maximum Gasteiger partial charge on any atom is 0.191 e. The fourth-order valence-corrected chi connectivity index (χ4v) is 3.23. The number of piperidine rings is 1. The van der Waals surface area contributed by atoms with Crippen LogP contribution in [0.15, 0.2) is 17.4 Å². The van der Waals surface area contributed by atoms with Crippen molar-refractivity contribution in [1.82, 2.24) is 25.3 Å². The summed E-state index contributed by atoms with van der Waals surface area (Å²) in [6, 6.07) is 0.767. The van der Waals surface area contributed by atoms with E-state index in [0.29, 0.717) is 0 Å². The Morgan fingerprint density at radius 1 is 1.29 bits per heavy atom. The normalized spacial score (nSPS) is 19.0. The highest BCUT2D eigenvalue weighted by molar-refractivity contribution is 14.0. The van der Waals surface area contributed by atoms with Crippen molar-refractivity contribution in [3.8, 4) is 0 Å². The summed E-state index contributed by atoms with van der Waals surface area (Å²) >= 11 is 0. The lowest BCUT2D eigenvalue weighted by atomic mass is 10.0. The van der Waals surface area contributed by atoms with Crippen LogP contribution in [0.2, 0.25) is 0 Å². The first-order chi connectivity index (χ1) is 11.2. The van der Waals surface area contributed by atoms with E-state index in [0.717, 1.165) is 38.2 Å². The lowest BCUT2D eigenvalue weighted by Gasteiger charge is -2.35. The molecule has 0 saturated carbocycles. The molecule has 1 aromatic heterocycles. The molecule has 2 N–H and O–H groups in total. The molecule has 1 aromatic rings. The molecule has 1 saturated heterocycles. The fourth-order valence-electron chi connectivity index (χ4n) is 3.23. The molecule has 24 heavy (non-hydrogen) atoms. The van der Waals surface area contributed by atoms with Crippen molar-refractivity contribution in [2.24, 2.45) is 4.99 Å². The highest BCUT2D eigenvalue weighted by Gasteiger charge is 2.19. The van der Waals surface area contributed by atoms with Crippen LogP contribution in [-0.4, -0.2) is 59.9 Å². The van der Waals surface area contributed by atoms with Crippen LogP contribution >= 0.6 is 24.0 Å². The van der Waals surface area contributed by atoms with Crippen LogP contribution < -0.4 is 10.6 Å². The Labute approximate surface area is 163 Å². The summed E-state index contributed by atoms with van der Waals surface area (Å²) in [6.45, 7) is 9.30. The summed E-state index contributed by atoms with van der Waals surface area (Å²) in [5.74, 6) is 0.874. The standard InChI is InChI=1S/C17H32N6.HI/c1-4-16-7-5-6-10-22(16)11-8-19-17(18-3)20-9-12-23-14-15(2)13-21-23;/h13-14,16H,4-12H2,1-3H3,(H2,18,19,20);1H. The number of nitrogens with one attached hydrogen (secondary N) is 2. The van der Waals surface area contributed by atoms with Gasteiger partial charge in [0.2, 0.25) is 0 Å². The summed E-state index contributed by atoms with van der Waals surface area (Å²) in [4.78, 5) is 6.91. The predicted molar refractivity (Wildman–Crippen MR) is 111 cm³/mol. The molecule has 1 atom stereocenters. The first kappa shape index (κ1) is 21.2. The molecule has 1 fully saturated rings. The van der Waals surface area contributed by atoms with E-state index in [4.69, 9.17) is 0 Å². The Balaban J connectivity index is 0.00000288. The number of aryl methyl sites for hydroxylation is 1. The SMILES string of the molecule is CCC1CCCCN1CCNC(=NC)NCCn1cc(C)cn1.I. The number of hydrogen-bond acceptors (Lipinski definition) is 3. The van der Waals surface area contributed by atoms with Gasteiger partial charge in [-0.05, 0) is 38.3 Å². The molecule has 1 unspecified atom stereocenters. The molecule has 1 aliphatic heterocycles. The Bertz CT molecular complexity index is 487. The number of likely N-dealkylation sites (tertiary alicyclic amines) is 1. The van der Waals surface area contributed by atoms with E-state index < -0.39 is 0 Å². The zero-order chi connectivity index (χ0) is 16.5. The topological polar surface area (TPSA) is 57.5 Å². The molecular formula is C17H33IN6. The summed E-state index contributed by atoms with van der Waals surface area (Å²) in [7, 11) is 1.82. The molecule has 138 valence electrons. The number of aromatic nitrogens is 2. The van der Waals surface area contributed by atoms with Gasteiger partial charge in [-0.2, -0.15) is 5.10 Å². The molecule has 6 nitrogen and oxygen atoms in total. The van der Waals surface area contributed by atoms with E-state index in [2.05, 4.69) is 45.7 Å². The van der Waals surface area contributed by atoms with Crippen LogP contribution in [0, 0.1) is 6.92 Å². The van der Waals surface area contributed by atoms with Crippen LogP contribution in [0.1, 0.15) is 38.2 Å². The van der Waals surface area contributed by atoms with Crippen LogP contribution in [0.25, 0.3) is 0 Å².